The first kappa shape index (κ1) is 15.4. The van der Waals surface area contributed by atoms with E-state index >= 15 is 0 Å². The number of carbonyl (C=O) groups is 1. The normalized spacial score (nSPS) is 19.1. The molecule has 4 nitrogen and oxygen atoms in total. The molecule has 0 aliphatic heterocycles. The van der Waals surface area contributed by atoms with Gasteiger partial charge in [-0.3, -0.25) is 0 Å². The summed E-state index contributed by atoms with van der Waals surface area (Å²) < 4.78 is 5.03. The number of esters is 1. The smallest absolute Gasteiger partial charge is 0.327 e. The number of hydrogen-bond donors (Lipinski definition) is 1. The molecule has 0 bridgehead atoms. The highest BCUT2D eigenvalue weighted by molar-refractivity contribution is 5.82. The fourth-order valence-electron chi connectivity index (χ4n) is 2.94. The van der Waals surface area contributed by atoms with Crippen molar-refractivity contribution in [1.29, 1.82) is 0 Å². The minimum absolute atomic E-state index is 0.120. The lowest BCUT2D eigenvalue weighted by Crippen LogP contribution is -2.60. The molecule has 1 fully saturated rings. The van der Waals surface area contributed by atoms with Crippen LogP contribution < -0.4 is 5.32 Å². The molecule has 4 heteroatoms. The molecule has 1 unspecified atom stereocenters. The lowest BCUT2D eigenvalue weighted by atomic mass is 9.91. The first-order valence-electron chi connectivity index (χ1n) is 7.03. The highest BCUT2D eigenvalue weighted by atomic mass is 16.5. The standard InChI is InChI=1S/C14H28N2O2/c1-6-12(7-2)16(4)10-14(15-3,11-8-9-11)13(17)18-5/h11-12,15H,6-10H2,1-5H3. The maximum Gasteiger partial charge on any atom is 0.327 e. The van der Waals surface area contributed by atoms with Crippen molar-refractivity contribution in [3.8, 4) is 0 Å². The first-order valence-corrected chi connectivity index (χ1v) is 7.03. The van der Waals surface area contributed by atoms with E-state index in [4.69, 9.17) is 4.74 Å². The van der Waals surface area contributed by atoms with Gasteiger partial charge in [0.1, 0.15) is 5.54 Å². The van der Waals surface area contributed by atoms with Gasteiger partial charge >= 0.3 is 5.97 Å². The molecule has 18 heavy (non-hydrogen) atoms. The van der Waals surface area contributed by atoms with Crippen LogP contribution in [0.2, 0.25) is 0 Å². The van der Waals surface area contributed by atoms with Crippen molar-refractivity contribution in [2.45, 2.75) is 51.1 Å². The lowest BCUT2D eigenvalue weighted by Gasteiger charge is -2.37. The molecule has 1 saturated carbocycles. The zero-order valence-electron chi connectivity index (χ0n) is 12.5. The van der Waals surface area contributed by atoms with E-state index in [0.29, 0.717) is 12.0 Å². The van der Waals surface area contributed by atoms with Crippen LogP contribution in [0.25, 0.3) is 0 Å². The van der Waals surface area contributed by atoms with Gasteiger partial charge in [0, 0.05) is 12.6 Å². The van der Waals surface area contributed by atoms with Gasteiger partial charge in [0.15, 0.2) is 0 Å². The monoisotopic (exact) mass is 256 g/mol. The molecule has 1 N–H and O–H groups in total. The van der Waals surface area contributed by atoms with Crippen LogP contribution in [0.1, 0.15) is 39.5 Å². The SMILES string of the molecule is CCC(CC)N(C)CC(NC)(C(=O)OC)C1CC1. The quantitative estimate of drug-likeness (QED) is 0.671. The summed E-state index contributed by atoms with van der Waals surface area (Å²) in [6, 6.07) is 0.529. The minimum Gasteiger partial charge on any atom is -0.468 e. The summed E-state index contributed by atoms with van der Waals surface area (Å²) in [5.41, 5.74) is -0.522. The minimum atomic E-state index is -0.522. The molecule has 0 saturated heterocycles. The number of likely N-dealkylation sites (N-methyl/N-ethyl adjacent to an activating group) is 2. The van der Waals surface area contributed by atoms with E-state index in [-0.39, 0.29) is 5.97 Å². The Morgan fingerprint density at radius 1 is 1.44 bits per heavy atom. The maximum absolute atomic E-state index is 12.2. The van der Waals surface area contributed by atoms with Crippen LogP contribution >= 0.6 is 0 Å². The fourth-order valence-corrected chi connectivity index (χ4v) is 2.94. The fraction of sp³-hybridized carbons (Fsp3) is 0.929. The van der Waals surface area contributed by atoms with Crippen LogP contribution in [0, 0.1) is 5.92 Å². The number of ether oxygens (including phenoxy) is 1. The molecule has 0 aromatic heterocycles. The molecule has 0 heterocycles. The van der Waals surface area contributed by atoms with Gasteiger partial charge in [-0.1, -0.05) is 13.8 Å². The van der Waals surface area contributed by atoms with Gasteiger partial charge in [-0.05, 0) is 45.7 Å². The summed E-state index contributed by atoms with van der Waals surface area (Å²) in [7, 11) is 5.46. The number of nitrogens with zero attached hydrogens (tertiary/aromatic N) is 1. The van der Waals surface area contributed by atoms with Gasteiger partial charge in [-0.25, -0.2) is 4.79 Å². The van der Waals surface area contributed by atoms with Crippen molar-refractivity contribution >= 4 is 5.97 Å². The number of rotatable bonds is 8. The van der Waals surface area contributed by atoms with Gasteiger partial charge < -0.3 is 15.0 Å². The van der Waals surface area contributed by atoms with Gasteiger partial charge in [-0.15, -0.1) is 0 Å². The van der Waals surface area contributed by atoms with Crippen molar-refractivity contribution in [2.24, 2.45) is 5.92 Å². The number of nitrogens with one attached hydrogen (secondary N) is 1. The van der Waals surface area contributed by atoms with Gasteiger partial charge in [-0.2, -0.15) is 0 Å². The van der Waals surface area contributed by atoms with Gasteiger partial charge in [0.2, 0.25) is 0 Å². The Morgan fingerprint density at radius 3 is 2.33 bits per heavy atom. The predicted octanol–water partition coefficient (Wildman–Crippen LogP) is 1.65. The van der Waals surface area contributed by atoms with Crippen molar-refractivity contribution in [1.82, 2.24) is 10.2 Å². The van der Waals surface area contributed by atoms with Gasteiger partial charge in [0.25, 0.3) is 0 Å². The lowest BCUT2D eigenvalue weighted by molar-refractivity contribution is -0.150. The zero-order chi connectivity index (χ0) is 13.8. The van der Waals surface area contributed by atoms with Crippen LogP contribution in [0.15, 0.2) is 0 Å². The third-order valence-electron chi connectivity index (χ3n) is 4.33. The van der Waals surface area contributed by atoms with Crippen molar-refractivity contribution in [2.75, 3.05) is 27.7 Å². The van der Waals surface area contributed by atoms with Crippen molar-refractivity contribution in [3.05, 3.63) is 0 Å². The van der Waals surface area contributed by atoms with Gasteiger partial charge in [0.05, 0.1) is 7.11 Å². The Morgan fingerprint density at radius 2 is 2.00 bits per heavy atom. The number of methoxy groups -OCH3 is 1. The molecule has 0 amide bonds. The summed E-state index contributed by atoms with van der Waals surface area (Å²) in [6.07, 6.45) is 4.46. The summed E-state index contributed by atoms with van der Waals surface area (Å²) >= 11 is 0. The molecule has 0 spiro atoms. The second kappa shape index (κ2) is 6.53. The topological polar surface area (TPSA) is 41.6 Å². The molecular weight excluding hydrogens is 228 g/mol. The zero-order valence-corrected chi connectivity index (χ0v) is 12.5. The summed E-state index contributed by atoms with van der Waals surface area (Å²) in [6.45, 7) is 5.12. The van der Waals surface area contributed by atoms with Crippen LogP contribution in [0.5, 0.6) is 0 Å². The highest BCUT2D eigenvalue weighted by Crippen LogP contribution is 2.41. The van der Waals surface area contributed by atoms with E-state index < -0.39 is 5.54 Å². The van der Waals surface area contributed by atoms with Crippen LogP contribution in [-0.2, 0) is 9.53 Å². The summed E-state index contributed by atoms with van der Waals surface area (Å²) in [5, 5.41) is 3.25. The van der Waals surface area contributed by atoms with Crippen molar-refractivity contribution < 1.29 is 9.53 Å². The Bertz CT molecular complexity index is 275. The second-order valence-corrected chi connectivity index (χ2v) is 5.37. The van der Waals surface area contributed by atoms with E-state index in [1.54, 1.807) is 0 Å². The Kier molecular flexibility index (Phi) is 5.60. The Hall–Kier alpha value is -0.610. The van der Waals surface area contributed by atoms with E-state index in [2.05, 4.69) is 31.1 Å². The average molecular weight is 256 g/mol. The number of carbonyl (C=O) groups excluding carboxylic acids is 1. The van der Waals surface area contributed by atoms with E-state index in [1.165, 1.54) is 7.11 Å². The maximum atomic E-state index is 12.2. The summed E-state index contributed by atoms with van der Waals surface area (Å²) in [4.78, 5) is 14.5. The predicted molar refractivity (Wildman–Crippen MR) is 73.5 cm³/mol. The molecule has 106 valence electrons. The molecule has 0 aromatic carbocycles. The van der Waals surface area contributed by atoms with Crippen LogP contribution in [-0.4, -0.2) is 50.2 Å². The van der Waals surface area contributed by atoms with E-state index in [0.717, 1.165) is 32.2 Å². The second-order valence-electron chi connectivity index (χ2n) is 5.37. The summed E-state index contributed by atoms with van der Waals surface area (Å²) in [5.74, 6) is 0.303. The Balaban J connectivity index is 2.81. The molecule has 1 aliphatic rings. The molecule has 1 aliphatic carbocycles. The van der Waals surface area contributed by atoms with Crippen molar-refractivity contribution in [3.63, 3.8) is 0 Å². The van der Waals surface area contributed by atoms with Crippen LogP contribution in [0.4, 0.5) is 0 Å². The van der Waals surface area contributed by atoms with Crippen LogP contribution in [0.3, 0.4) is 0 Å². The molecule has 0 radical (unpaired) electrons. The van der Waals surface area contributed by atoms with E-state index in [1.807, 2.05) is 7.05 Å². The third-order valence-corrected chi connectivity index (χ3v) is 4.33. The highest BCUT2D eigenvalue weighted by Gasteiger charge is 2.51. The Labute approximate surface area is 111 Å². The molecular formula is C14H28N2O2. The first-order chi connectivity index (χ1) is 8.55. The molecule has 1 rings (SSSR count). The average Bonchev–Trinajstić information content (AvgIpc) is 3.21. The number of hydrogen-bond acceptors (Lipinski definition) is 4. The van der Waals surface area contributed by atoms with E-state index in [9.17, 15) is 4.79 Å². The third kappa shape index (κ3) is 3.04. The molecule has 1 atom stereocenters. The molecule has 0 aromatic rings. The largest absolute Gasteiger partial charge is 0.468 e.